The zero-order valence-electron chi connectivity index (χ0n) is 11.3. The van der Waals surface area contributed by atoms with Gasteiger partial charge in [0.1, 0.15) is 5.69 Å². The molecule has 0 saturated heterocycles. The summed E-state index contributed by atoms with van der Waals surface area (Å²) in [5.41, 5.74) is -0.655. The Kier molecular flexibility index (Phi) is 4.74. The Bertz CT molecular complexity index is 803. The minimum Gasteiger partial charge on any atom is -0.221 e. The molecule has 3 rings (SSSR count). The van der Waals surface area contributed by atoms with Gasteiger partial charge in [0.2, 0.25) is 0 Å². The van der Waals surface area contributed by atoms with Crippen molar-refractivity contribution >= 4 is 39.0 Å². The van der Waals surface area contributed by atoms with Gasteiger partial charge >= 0.3 is 6.18 Å². The topological polar surface area (TPSA) is 25.8 Å². The number of hydrogen-bond acceptors (Lipinski definition) is 4. The summed E-state index contributed by atoms with van der Waals surface area (Å²) in [6.07, 6.45) is -4.51. The van der Waals surface area contributed by atoms with E-state index in [9.17, 15) is 13.2 Å². The molecular formula is C15H8BrF3N2S2. The summed E-state index contributed by atoms with van der Waals surface area (Å²) < 4.78 is 40.1. The summed E-state index contributed by atoms with van der Waals surface area (Å²) in [6, 6.07) is 11.7. The van der Waals surface area contributed by atoms with Crippen molar-refractivity contribution in [3.63, 3.8) is 0 Å². The standard InChI is InChI=1S/C15H8BrF3N2S2/c16-9-3-5-10(6-4-9)23-14-20-11(12-2-1-7-22-12)8-13(21-14)15(17,18)19/h1-8H. The summed E-state index contributed by atoms with van der Waals surface area (Å²) in [7, 11) is 0. The summed E-state index contributed by atoms with van der Waals surface area (Å²) in [5, 5.41) is 1.87. The Morgan fingerprint density at radius 3 is 2.39 bits per heavy atom. The Hall–Kier alpha value is -1.38. The van der Waals surface area contributed by atoms with Crippen LogP contribution >= 0.6 is 39.0 Å². The van der Waals surface area contributed by atoms with Crippen LogP contribution in [-0.4, -0.2) is 9.97 Å². The first-order chi connectivity index (χ1) is 10.9. The van der Waals surface area contributed by atoms with E-state index in [2.05, 4.69) is 25.9 Å². The first-order valence-electron chi connectivity index (χ1n) is 6.35. The molecule has 2 heterocycles. The average Bonchev–Trinajstić information content (AvgIpc) is 3.03. The van der Waals surface area contributed by atoms with Crippen molar-refractivity contribution in [1.29, 1.82) is 0 Å². The van der Waals surface area contributed by atoms with E-state index >= 15 is 0 Å². The third-order valence-corrected chi connectivity index (χ3v) is 5.09. The molecular weight excluding hydrogens is 409 g/mol. The zero-order valence-corrected chi connectivity index (χ0v) is 14.6. The number of nitrogens with zero attached hydrogens (tertiary/aromatic N) is 2. The van der Waals surface area contributed by atoms with Gasteiger partial charge in [-0.2, -0.15) is 13.2 Å². The predicted octanol–water partition coefficient (Wildman–Crippen LogP) is 6.14. The highest BCUT2D eigenvalue weighted by atomic mass is 79.9. The van der Waals surface area contributed by atoms with Crippen molar-refractivity contribution in [3.05, 3.63) is 58.0 Å². The lowest BCUT2D eigenvalue weighted by Gasteiger charge is -2.09. The van der Waals surface area contributed by atoms with Crippen molar-refractivity contribution in [3.8, 4) is 10.6 Å². The average molecular weight is 417 g/mol. The van der Waals surface area contributed by atoms with E-state index in [-0.39, 0.29) is 10.9 Å². The number of benzene rings is 1. The van der Waals surface area contributed by atoms with Crippen molar-refractivity contribution in [2.45, 2.75) is 16.2 Å². The lowest BCUT2D eigenvalue weighted by molar-refractivity contribution is -0.141. The molecule has 1 aromatic carbocycles. The molecule has 0 radical (unpaired) electrons. The molecule has 0 aliphatic rings. The molecule has 3 aromatic rings. The zero-order chi connectivity index (χ0) is 16.4. The summed E-state index contributed by atoms with van der Waals surface area (Å²) in [6.45, 7) is 0. The van der Waals surface area contributed by atoms with E-state index < -0.39 is 11.9 Å². The van der Waals surface area contributed by atoms with Gasteiger partial charge in [-0.15, -0.1) is 11.3 Å². The highest BCUT2D eigenvalue weighted by molar-refractivity contribution is 9.10. The Morgan fingerprint density at radius 1 is 1.04 bits per heavy atom. The third-order valence-electron chi connectivity index (χ3n) is 2.79. The van der Waals surface area contributed by atoms with Crippen LogP contribution in [0.15, 0.2) is 62.4 Å². The molecule has 0 N–H and O–H groups in total. The normalized spacial score (nSPS) is 11.7. The Labute approximate surface area is 146 Å². The Morgan fingerprint density at radius 2 is 1.78 bits per heavy atom. The molecule has 0 atom stereocenters. The summed E-state index contributed by atoms with van der Waals surface area (Å²) in [5.74, 6) is 0. The van der Waals surface area contributed by atoms with E-state index in [4.69, 9.17) is 0 Å². The predicted molar refractivity (Wildman–Crippen MR) is 88.6 cm³/mol. The van der Waals surface area contributed by atoms with Crippen LogP contribution in [0, 0.1) is 0 Å². The van der Waals surface area contributed by atoms with Crippen LogP contribution in [0.2, 0.25) is 0 Å². The third kappa shape index (κ3) is 4.13. The molecule has 0 aliphatic heterocycles. The maximum atomic E-state index is 13.1. The molecule has 0 saturated carbocycles. The molecule has 2 nitrogen and oxygen atoms in total. The fraction of sp³-hybridized carbons (Fsp3) is 0.0667. The minimum absolute atomic E-state index is 0.0746. The highest BCUT2D eigenvalue weighted by Gasteiger charge is 2.34. The SMILES string of the molecule is FC(F)(F)c1cc(-c2cccs2)nc(Sc2ccc(Br)cc2)n1. The Balaban J connectivity index is 2.01. The van der Waals surface area contributed by atoms with Gasteiger partial charge in [-0.05, 0) is 53.5 Å². The smallest absolute Gasteiger partial charge is 0.221 e. The number of halogens is 4. The molecule has 23 heavy (non-hydrogen) atoms. The van der Waals surface area contributed by atoms with Crippen LogP contribution < -0.4 is 0 Å². The van der Waals surface area contributed by atoms with Gasteiger partial charge in [0.15, 0.2) is 5.16 Å². The van der Waals surface area contributed by atoms with E-state index in [0.717, 1.165) is 27.2 Å². The molecule has 8 heteroatoms. The first kappa shape index (κ1) is 16.5. The molecule has 0 spiro atoms. The number of thiophene rings is 1. The van der Waals surface area contributed by atoms with Crippen LogP contribution in [0.4, 0.5) is 13.2 Å². The molecule has 0 aliphatic carbocycles. The van der Waals surface area contributed by atoms with E-state index in [1.807, 2.05) is 12.1 Å². The van der Waals surface area contributed by atoms with E-state index in [0.29, 0.717) is 4.88 Å². The maximum Gasteiger partial charge on any atom is 0.433 e. The first-order valence-corrected chi connectivity index (χ1v) is 8.84. The van der Waals surface area contributed by atoms with Crippen LogP contribution in [-0.2, 0) is 6.18 Å². The number of hydrogen-bond donors (Lipinski definition) is 0. The molecule has 0 unspecified atom stereocenters. The van der Waals surface area contributed by atoms with Crippen molar-refractivity contribution in [2.75, 3.05) is 0 Å². The lowest BCUT2D eigenvalue weighted by Crippen LogP contribution is -2.09. The molecule has 118 valence electrons. The van der Waals surface area contributed by atoms with Crippen molar-refractivity contribution < 1.29 is 13.2 Å². The number of alkyl halides is 3. The van der Waals surface area contributed by atoms with Crippen molar-refractivity contribution in [2.24, 2.45) is 0 Å². The fourth-order valence-corrected chi connectivity index (χ4v) is 3.50. The van der Waals surface area contributed by atoms with Crippen LogP contribution in [0.5, 0.6) is 0 Å². The molecule has 0 amide bonds. The van der Waals surface area contributed by atoms with Gasteiger partial charge in [-0.1, -0.05) is 22.0 Å². The minimum atomic E-state index is -4.51. The summed E-state index contributed by atoms with van der Waals surface area (Å²) >= 11 is 5.76. The van der Waals surface area contributed by atoms with Gasteiger partial charge < -0.3 is 0 Å². The van der Waals surface area contributed by atoms with Gasteiger partial charge in [0.05, 0.1) is 10.6 Å². The second-order valence-electron chi connectivity index (χ2n) is 4.45. The van der Waals surface area contributed by atoms with E-state index in [1.54, 1.807) is 29.6 Å². The second-order valence-corrected chi connectivity index (χ2v) is 7.36. The molecule has 0 bridgehead atoms. The van der Waals surface area contributed by atoms with Gasteiger partial charge in [0, 0.05) is 9.37 Å². The van der Waals surface area contributed by atoms with Gasteiger partial charge in [-0.25, -0.2) is 9.97 Å². The monoisotopic (exact) mass is 416 g/mol. The number of rotatable bonds is 3. The number of aromatic nitrogens is 2. The van der Waals surface area contributed by atoms with Crippen molar-refractivity contribution in [1.82, 2.24) is 9.97 Å². The molecule has 0 fully saturated rings. The maximum absolute atomic E-state index is 13.1. The van der Waals surface area contributed by atoms with Crippen LogP contribution in [0.3, 0.4) is 0 Å². The van der Waals surface area contributed by atoms with Gasteiger partial charge in [-0.3, -0.25) is 0 Å². The second kappa shape index (κ2) is 6.62. The highest BCUT2D eigenvalue weighted by Crippen LogP contribution is 2.35. The van der Waals surface area contributed by atoms with Crippen LogP contribution in [0.25, 0.3) is 10.6 Å². The summed E-state index contributed by atoms with van der Waals surface area (Å²) in [4.78, 5) is 9.35. The van der Waals surface area contributed by atoms with E-state index in [1.165, 1.54) is 11.3 Å². The van der Waals surface area contributed by atoms with Crippen LogP contribution in [0.1, 0.15) is 5.69 Å². The lowest BCUT2D eigenvalue weighted by atomic mass is 10.3. The fourth-order valence-electron chi connectivity index (χ4n) is 1.77. The van der Waals surface area contributed by atoms with Gasteiger partial charge in [0.25, 0.3) is 0 Å². The molecule has 2 aromatic heterocycles. The largest absolute Gasteiger partial charge is 0.433 e. The quantitative estimate of drug-likeness (QED) is 0.479.